The molecule has 0 aliphatic carbocycles. The molecule has 1 atom stereocenters. The first kappa shape index (κ1) is 14.2. The smallest absolute Gasteiger partial charge is 0.0513 e. The molecule has 1 saturated heterocycles. The molecule has 18 heavy (non-hydrogen) atoms. The van der Waals surface area contributed by atoms with E-state index in [0.29, 0.717) is 6.04 Å². The van der Waals surface area contributed by atoms with Crippen LogP contribution in [0.3, 0.4) is 0 Å². The third-order valence-electron chi connectivity index (χ3n) is 3.27. The molecule has 1 aromatic carbocycles. The number of rotatable bonds is 4. The SMILES string of the molecule is CCNCc1ccc(N2CCSCC2C)c(Br)c1. The molecule has 1 heterocycles. The molecule has 1 aliphatic heterocycles. The highest BCUT2D eigenvalue weighted by atomic mass is 79.9. The first-order valence-electron chi connectivity index (χ1n) is 6.56. The highest BCUT2D eigenvalue weighted by Crippen LogP contribution is 2.31. The number of anilines is 1. The summed E-state index contributed by atoms with van der Waals surface area (Å²) in [6, 6.07) is 7.35. The van der Waals surface area contributed by atoms with Gasteiger partial charge in [-0.2, -0.15) is 11.8 Å². The third-order valence-corrected chi connectivity index (χ3v) is 5.09. The topological polar surface area (TPSA) is 15.3 Å². The number of thioether (sulfide) groups is 1. The lowest BCUT2D eigenvalue weighted by molar-refractivity contribution is 0.697. The number of halogens is 1. The minimum atomic E-state index is 0.625. The zero-order valence-electron chi connectivity index (χ0n) is 11.1. The Labute approximate surface area is 123 Å². The van der Waals surface area contributed by atoms with Gasteiger partial charge in [0.25, 0.3) is 0 Å². The molecule has 2 nitrogen and oxygen atoms in total. The van der Waals surface area contributed by atoms with Crippen LogP contribution < -0.4 is 10.2 Å². The molecule has 0 bridgehead atoms. The molecule has 1 aliphatic rings. The van der Waals surface area contributed by atoms with Gasteiger partial charge in [-0.1, -0.05) is 13.0 Å². The highest BCUT2D eigenvalue weighted by molar-refractivity contribution is 9.10. The minimum absolute atomic E-state index is 0.625. The molecule has 1 unspecified atom stereocenters. The summed E-state index contributed by atoms with van der Waals surface area (Å²) in [4.78, 5) is 2.51. The molecule has 0 radical (unpaired) electrons. The molecule has 0 saturated carbocycles. The van der Waals surface area contributed by atoms with Crippen LogP contribution in [-0.2, 0) is 6.54 Å². The maximum Gasteiger partial charge on any atom is 0.0513 e. The van der Waals surface area contributed by atoms with Crippen LogP contribution in [0.4, 0.5) is 5.69 Å². The second-order valence-electron chi connectivity index (χ2n) is 4.68. The van der Waals surface area contributed by atoms with Crippen molar-refractivity contribution in [3.8, 4) is 0 Å². The summed E-state index contributed by atoms with van der Waals surface area (Å²) in [7, 11) is 0. The zero-order chi connectivity index (χ0) is 13.0. The monoisotopic (exact) mass is 328 g/mol. The fourth-order valence-electron chi connectivity index (χ4n) is 2.25. The van der Waals surface area contributed by atoms with Gasteiger partial charge < -0.3 is 10.2 Å². The van der Waals surface area contributed by atoms with Gasteiger partial charge in [-0.05, 0) is 47.1 Å². The molecule has 1 aromatic rings. The third kappa shape index (κ3) is 3.43. The summed E-state index contributed by atoms with van der Waals surface area (Å²) in [5, 5.41) is 3.36. The molecule has 100 valence electrons. The fraction of sp³-hybridized carbons (Fsp3) is 0.571. The molecule has 0 aromatic heterocycles. The van der Waals surface area contributed by atoms with Gasteiger partial charge in [0, 0.05) is 35.1 Å². The standard InChI is InChI=1S/C14H21BrN2S/c1-3-16-9-12-4-5-14(13(15)8-12)17-6-7-18-10-11(17)2/h4-5,8,11,16H,3,6-7,9-10H2,1-2H3. The lowest BCUT2D eigenvalue weighted by Crippen LogP contribution is -2.40. The van der Waals surface area contributed by atoms with E-state index in [2.05, 4.69) is 70.0 Å². The maximum absolute atomic E-state index is 3.73. The van der Waals surface area contributed by atoms with Crippen molar-refractivity contribution in [3.63, 3.8) is 0 Å². The zero-order valence-corrected chi connectivity index (χ0v) is 13.5. The van der Waals surface area contributed by atoms with Crippen LogP contribution in [0.5, 0.6) is 0 Å². The molecule has 1 fully saturated rings. The largest absolute Gasteiger partial charge is 0.366 e. The van der Waals surface area contributed by atoms with Crippen LogP contribution in [-0.4, -0.2) is 30.6 Å². The Morgan fingerprint density at radius 1 is 1.50 bits per heavy atom. The van der Waals surface area contributed by atoms with Crippen LogP contribution in [0.15, 0.2) is 22.7 Å². The first-order chi connectivity index (χ1) is 8.72. The summed E-state index contributed by atoms with van der Waals surface area (Å²) < 4.78 is 1.22. The van der Waals surface area contributed by atoms with Crippen molar-refractivity contribution in [2.75, 3.05) is 29.5 Å². The summed E-state index contributed by atoms with van der Waals surface area (Å²) in [5.74, 6) is 2.46. The van der Waals surface area contributed by atoms with E-state index in [1.807, 2.05) is 0 Å². The predicted octanol–water partition coefficient (Wildman–Crippen LogP) is 3.50. The average molecular weight is 329 g/mol. The van der Waals surface area contributed by atoms with E-state index in [9.17, 15) is 0 Å². The molecular weight excluding hydrogens is 308 g/mol. The van der Waals surface area contributed by atoms with Gasteiger partial charge in [-0.25, -0.2) is 0 Å². The Kier molecular flexibility index (Phi) is 5.39. The number of nitrogens with one attached hydrogen (secondary N) is 1. The summed E-state index contributed by atoms with van der Waals surface area (Å²) in [6.45, 7) is 7.55. The van der Waals surface area contributed by atoms with Crippen molar-refractivity contribution in [2.45, 2.75) is 26.4 Å². The van der Waals surface area contributed by atoms with Gasteiger partial charge >= 0.3 is 0 Å². The van der Waals surface area contributed by atoms with E-state index in [0.717, 1.165) is 19.6 Å². The Bertz CT molecular complexity index is 397. The predicted molar refractivity (Wildman–Crippen MR) is 85.7 cm³/mol. The van der Waals surface area contributed by atoms with Crippen molar-refractivity contribution in [1.82, 2.24) is 5.32 Å². The lowest BCUT2D eigenvalue weighted by atomic mass is 10.1. The minimum Gasteiger partial charge on any atom is -0.366 e. The summed E-state index contributed by atoms with van der Waals surface area (Å²) >= 11 is 5.78. The summed E-state index contributed by atoms with van der Waals surface area (Å²) in [6.07, 6.45) is 0. The second kappa shape index (κ2) is 6.83. The van der Waals surface area contributed by atoms with Gasteiger partial charge in [0.2, 0.25) is 0 Å². The van der Waals surface area contributed by atoms with Crippen molar-refractivity contribution in [2.24, 2.45) is 0 Å². The molecule has 0 spiro atoms. The highest BCUT2D eigenvalue weighted by Gasteiger charge is 2.20. The first-order valence-corrected chi connectivity index (χ1v) is 8.50. The number of hydrogen-bond donors (Lipinski definition) is 1. The van der Waals surface area contributed by atoms with Crippen LogP contribution in [0, 0.1) is 0 Å². The Morgan fingerprint density at radius 3 is 3.00 bits per heavy atom. The number of hydrogen-bond acceptors (Lipinski definition) is 3. The van der Waals surface area contributed by atoms with E-state index < -0.39 is 0 Å². The molecule has 4 heteroatoms. The van der Waals surface area contributed by atoms with E-state index >= 15 is 0 Å². The molecular formula is C14H21BrN2S. The van der Waals surface area contributed by atoms with Crippen molar-refractivity contribution < 1.29 is 0 Å². The van der Waals surface area contributed by atoms with Gasteiger partial charge in [0.15, 0.2) is 0 Å². The lowest BCUT2D eigenvalue weighted by Gasteiger charge is -2.35. The van der Waals surface area contributed by atoms with Gasteiger partial charge in [0.1, 0.15) is 0 Å². The van der Waals surface area contributed by atoms with E-state index in [1.54, 1.807) is 0 Å². The van der Waals surface area contributed by atoms with Crippen molar-refractivity contribution in [1.29, 1.82) is 0 Å². The molecule has 1 N–H and O–H groups in total. The van der Waals surface area contributed by atoms with E-state index in [-0.39, 0.29) is 0 Å². The average Bonchev–Trinajstić information content (AvgIpc) is 2.38. The summed E-state index contributed by atoms with van der Waals surface area (Å²) in [5.41, 5.74) is 2.68. The van der Waals surface area contributed by atoms with Gasteiger partial charge in [-0.15, -0.1) is 0 Å². The van der Waals surface area contributed by atoms with Crippen molar-refractivity contribution >= 4 is 33.4 Å². The Balaban J connectivity index is 2.13. The van der Waals surface area contributed by atoms with Crippen molar-refractivity contribution in [3.05, 3.63) is 28.2 Å². The van der Waals surface area contributed by atoms with Crippen LogP contribution in [0.2, 0.25) is 0 Å². The Hall–Kier alpha value is -0.190. The normalized spacial score (nSPS) is 20.2. The van der Waals surface area contributed by atoms with E-state index in [1.165, 1.54) is 27.2 Å². The van der Waals surface area contributed by atoms with Crippen LogP contribution in [0.1, 0.15) is 19.4 Å². The second-order valence-corrected chi connectivity index (χ2v) is 6.69. The van der Waals surface area contributed by atoms with E-state index in [4.69, 9.17) is 0 Å². The van der Waals surface area contributed by atoms with Crippen LogP contribution >= 0.6 is 27.7 Å². The Morgan fingerprint density at radius 2 is 2.33 bits per heavy atom. The van der Waals surface area contributed by atoms with Gasteiger partial charge in [0.05, 0.1) is 5.69 Å². The fourth-order valence-corrected chi connectivity index (χ4v) is 3.92. The maximum atomic E-state index is 3.73. The van der Waals surface area contributed by atoms with Crippen LogP contribution in [0.25, 0.3) is 0 Å². The number of benzene rings is 1. The molecule has 2 rings (SSSR count). The molecule has 0 amide bonds. The van der Waals surface area contributed by atoms with Gasteiger partial charge in [-0.3, -0.25) is 0 Å². The number of nitrogens with zero attached hydrogens (tertiary/aromatic N) is 1. The quantitative estimate of drug-likeness (QED) is 0.910.